The van der Waals surface area contributed by atoms with Crippen LogP contribution in [0.5, 0.6) is 0 Å². The maximum absolute atomic E-state index is 11.1. The van der Waals surface area contributed by atoms with Crippen LogP contribution in [0.1, 0.15) is 20.3 Å². The van der Waals surface area contributed by atoms with Gasteiger partial charge in [-0.3, -0.25) is 0 Å². The molecule has 3 aliphatic rings. The summed E-state index contributed by atoms with van der Waals surface area (Å²) in [5, 5.41) is 55.6. The molecular formula is C20H41N5O9. The summed E-state index contributed by atoms with van der Waals surface area (Å²) in [5.41, 5.74) is 22.9. The molecule has 0 radical (unpaired) electrons. The van der Waals surface area contributed by atoms with Crippen LogP contribution in [0.15, 0.2) is 0 Å². The monoisotopic (exact) mass is 495 g/mol. The lowest BCUT2D eigenvalue weighted by atomic mass is 9.84. The van der Waals surface area contributed by atoms with Crippen LogP contribution in [-0.4, -0.2) is 130 Å². The molecule has 34 heavy (non-hydrogen) atoms. The molecule has 2 aliphatic heterocycles. The van der Waals surface area contributed by atoms with Gasteiger partial charge in [0, 0.05) is 18.1 Å². The Labute approximate surface area is 198 Å². The summed E-state index contributed by atoms with van der Waals surface area (Å²) < 4.78 is 23.0. The van der Waals surface area contributed by atoms with Crippen LogP contribution in [0, 0.1) is 0 Å². The van der Waals surface area contributed by atoms with Gasteiger partial charge < -0.3 is 72.7 Å². The second-order valence-corrected chi connectivity index (χ2v) is 9.94. The molecule has 200 valence electrons. The van der Waals surface area contributed by atoms with Gasteiger partial charge in [-0.15, -0.1) is 0 Å². The number of aliphatic hydroxyl groups is 5. The number of hydrogen-bond acceptors (Lipinski definition) is 14. The van der Waals surface area contributed by atoms with Crippen LogP contribution in [0.25, 0.3) is 0 Å². The van der Waals surface area contributed by atoms with Gasteiger partial charge in [0.15, 0.2) is 12.6 Å². The Morgan fingerprint density at radius 3 is 2.03 bits per heavy atom. The molecule has 2 heterocycles. The van der Waals surface area contributed by atoms with E-state index in [4.69, 9.17) is 41.9 Å². The zero-order valence-corrected chi connectivity index (χ0v) is 19.7. The van der Waals surface area contributed by atoms with Crippen molar-refractivity contribution in [2.75, 3.05) is 13.7 Å². The van der Waals surface area contributed by atoms with Crippen molar-refractivity contribution in [3.05, 3.63) is 0 Å². The second-order valence-electron chi connectivity index (χ2n) is 9.94. The molecule has 1 aliphatic carbocycles. The van der Waals surface area contributed by atoms with Crippen LogP contribution in [0.3, 0.4) is 0 Å². The average molecular weight is 496 g/mol. The topological polar surface area (TPSA) is 254 Å². The quantitative estimate of drug-likeness (QED) is 0.165. The molecule has 14 N–H and O–H groups in total. The third-order valence-electron chi connectivity index (χ3n) is 6.99. The van der Waals surface area contributed by atoms with Gasteiger partial charge in [0.05, 0.1) is 18.7 Å². The van der Waals surface area contributed by atoms with Gasteiger partial charge in [-0.2, -0.15) is 0 Å². The fraction of sp³-hybridized carbons (Fsp3) is 1.00. The maximum Gasteiger partial charge on any atom is 0.185 e. The molecule has 15 atom stereocenters. The fourth-order valence-corrected chi connectivity index (χ4v) is 4.98. The highest BCUT2D eigenvalue weighted by Gasteiger charge is 2.52. The van der Waals surface area contributed by atoms with Gasteiger partial charge in [0.1, 0.15) is 48.3 Å². The van der Waals surface area contributed by atoms with Crippen LogP contribution in [0.2, 0.25) is 0 Å². The molecule has 2 saturated heterocycles. The summed E-state index contributed by atoms with van der Waals surface area (Å²) in [6, 6.07) is -3.99. The van der Waals surface area contributed by atoms with Gasteiger partial charge in [0.2, 0.25) is 0 Å². The number of hydrogen-bond donors (Lipinski definition) is 10. The Kier molecular flexibility index (Phi) is 8.92. The summed E-state index contributed by atoms with van der Waals surface area (Å²) in [6.45, 7) is 3.00. The standard InChI is InChI=1S/C20H41N5O9/c1-6(21)14-11(27)10(26)9(24)18(32-14)33-15-7(22)4-8(23)16(12(15)28)34-19-13(29)17(25-3)20(2,30)5-31-19/h6-19,25-30H,4-5,21-24H2,1-3H3/t6-,7-,8+,9+,10+,11-,12-,13+,14+,15+,16-,17+,18-,19+,20-/m0/s1. The largest absolute Gasteiger partial charge is 0.388 e. The smallest absolute Gasteiger partial charge is 0.185 e. The Morgan fingerprint density at radius 2 is 1.50 bits per heavy atom. The third-order valence-corrected chi connectivity index (χ3v) is 6.99. The Hall–Kier alpha value is -0.560. The maximum atomic E-state index is 11.1. The Morgan fingerprint density at radius 1 is 0.941 bits per heavy atom. The molecule has 14 nitrogen and oxygen atoms in total. The highest BCUT2D eigenvalue weighted by molar-refractivity contribution is 5.02. The normalized spacial score (nSPS) is 53.5. The van der Waals surface area contributed by atoms with Crippen molar-refractivity contribution in [2.24, 2.45) is 22.9 Å². The van der Waals surface area contributed by atoms with Crippen molar-refractivity contribution >= 4 is 0 Å². The number of nitrogens with one attached hydrogen (secondary N) is 1. The number of likely N-dealkylation sites (N-methyl/N-ethyl adjacent to an activating group) is 1. The van der Waals surface area contributed by atoms with E-state index in [-0.39, 0.29) is 13.0 Å². The van der Waals surface area contributed by atoms with Crippen molar-refractivity contribution in [1.82, 2.24) is 5.32 Å². The molecule has 3 rings (SSSR count). The van der Waals surface area contributed by atoms with Gasteiger partial charge in [-0.05, 0) is 27.3 Å². The van der Waals surface area contributed by atoms with E-state index >= 15 is 0 Å². The molecule has 0 aromatic carbocycles. The molecule has 3 fully saturated rings. The summed E-state index contributed by atoms with van der Waals surface area (Å²) >= 11 is 0. The number of ether oxygens (including phenoxy) is 4. The first-order valence-corrected chi connectivity index (χ1v) is 11.5. The lowest BCUT2D eigenvalue weighted by molar-refractivity contribution is -0.315. The van der Waals surface area contributed by atoms with Crippen molar-refractivity contribution in [2.45, 2.75) is 111 Å². The van der Waals surface area contributed by atoms with Gasteiger partial charge >= 0.3 is 0 Å². The van der Waals surface area contributed by atoms with Gasteiger partial charge in [0.25, 0.3) is 0 Å². The summed E-state index contributed by atoms with van der Waals surface area (Å²) in [5.74, 6) is 0. The number of nitrogens with two attached hydrogens (primary N) is 4. The van der Waals surface area contributed by atoms with Gasteiger partial charge in [-0.1, -0.05) is 0 Å². The van der Waals surface area contributed by atoms with Crippen LogP contribution in [-0.2, 0) is 18.9 Å². The minimum atomic E-state index is -1.38. The zero-order chi connectivity index (χ0) is 25.5. The first-order valence-electron chi connectivity index (χ1n) is 11.5. The Balaban J connectivity index is 1.73. The lowest BCUT2D eigenvalue weighted by Crippen LogP contribution is -2.70. The van der Waals surface area contributed by atoms with E-state index in [0.717, 1.165) is 0 Å². The van der Waals surface area contributed by atoms with Crippen LogP contribution in [0.4, 0.5) is 0 Å². The van der Waals surface area contributed by atoms with Crippen LogP contribution < -0.4 is 28.3 Å². The van der Waals surface area contributed by atoms with E-state index in [9.17, 15) is 25.5 Å². The van der Waals surface area contributed by atoms with Gasteiger partial charge in [-0.25, -0.2) is 0 Å². The van der Waals surface area contributed by atoms with E-state index in [0.29, 0.717) is 0 Å². The van der Waals surface area contributed by atoms with Crippen molar-refractivity contribution in [3.8, 4) is 0 Å². The molecule has 0 aromatic heterocycles. The summed E-state index contributed by atoms with van der Waals surface area (Å²) in [7, 11) is 1.59. The molecule has 0 spiro atoms. The molecule has 14 heteroatoms. The molecule has 0 bridgehead atoms. The number of aliphatic hydroxyl groups excluding tert-OH is 4. The van der Waals surface area contributed by atoms with E-state index < -0.39 is 91.1 Å². The number of rotatable bonds is 6. The predicted molar refractivity (Wildman–Crippen MR) is 118 cm³/mol. The SMILES string of the molecule is CN[C@@H]1[C@@H](O)[C@@H](O[C@@H]2[C@@H](O)[C@H](O[C@@H]3O[C@H]([C@H](C)N)[C@@H](O)[C@H](O)[C@H]3N)[C@@H](N)C[C@H]2N)OC[C@]1(C)O. The molecule has 0 unspecified atom stereocenters. The van der Waals surface area contributed by atoms with Crippen molar-refractivity contribution in [3.63, 3.8) is 0 Å². The summed E-state index contributed by atoms with van der Waals surface area (Å²) in [4.78, 5) is 0. The van der Waals surface area contributed by atoms with E-state index in [1.54, 1.807) is 14.0 Å². The fourth-order valence-electron chi connectivity index (χ4n) is 4.98. The predicted octanol–water partition coefficient (Wildman–Crippen LogP) is -5.65. The lowest BCUT2D eigenvalue weighted by Gasteiger charge is -2.49. The third kappa shape index (κ3) is 5.40. The van der Waals surface area contributed by atoms with E-state index in [2.05, 4.69) is 5.32 Å². The highest BCUT2D eigenvalue weighted by atomic mass is 16.7. The summed E-state index contributed by atoms with van der Waals surface area (Å²) in [6.07, 6.45) is -10.6. The zero-order valence-electron chi connectivity index (χ0n) is 19.7. The minimum Gasteiger partial charge on any atom is -0.388 e. The molecule has 0 aromatic rings. The Bertz CT molecular complexity index is 676. The first-order chi connectivity index (χ1) is 15.8. The van der Waals surface area contributed by atoms with Crippen LogP contribution >= 0.6 is 0 Å². The second kappa shape index (κ2) is 10.8. The highest BCUT2D eigenvalue weighted by Crippen LogP contribution is 2.32. The van der Waals surface area contributed by atoms with E-state index in [1.807, 2.05) is 0 Å². The minimum absolute atomic E-state index is 0.124. The first kappa shape index (κ1) is 28.0. The van der Waals surface area contributed by atoms with Crippen molar-refractivity contribution < 1.29 is 44.5 Å². The molecule has 1 saturated carbocycles. The average Bonchev–Trinajstić information content (AvgIpc) is 2.75. The van der Waals surface area contributed by atoms with Crippen molar-refractivity contribution in [1.29, 1.82) is 0 Å². The molecular weight excluding hydrogens is 454 g/mol. The molecule has 0 amide bonds. The van der Waals surface area contributed by atoms with E-state index in [1.165, 1.54) is 6.92 Å².